The maximum atomic E-state index is 12.9. The van der Waals surface area contributed by atoms with E-state index in [2.05, 4.69) is 5.10 Å². The molecular formula is C20H25N3O3S. The number of carbonyl (C=O) groups is 2. The number of aromatic nitrogens is 2. The van der Waals surface area contributed by atoms with Crippen molar-refractivity contribution in [3.05, 3.63) is 47.8 Å². The van der Waals surface area contributed by atoms with Gasteiger partial charge in [0.15, 0.2) is 0 Å². The molecule has 27 heavy (non-hydrogen) atoms. The van der Waals surface area contributed by atoms with Gasteiger partial charge in [-0.05, 0) is 38.3 Å². The number of likely N-dealkylation sites (tertiary alicyclic amines) is 1. The number of carboxylic acids is 1. The summed E-state index contributed by atoms with van der Waals surface area (Å²) in [5.74, 6) is -0.761. The van der Waals surface area contributed by atoms with Crippen LogP contribution in [0.2, 0.25) is 0 Å². The molecular weight excluding hydrogens is 362 g/mol. The Morgan fingerprint density at radius 1 is 1.26 bits per heavy atom. The number of carboxylic acid groups (broad SMARTS) is 1. The van der Waals surface area contributed by atoms with E-state index in [0.717, 1.165) is 24.2 Å². The smallest absolute Gasteiger partial charge is 0.339 e. The van der Waals surface area contributed by atoms with Crippen LogP contribution in [0.1, 0.15) is 48.3 Å². The number of nitrogens with zero attached hydrogens (tertiary/aromatic N) is 3. The largest absolute Gasteiger partial charge is 0.478 e. The van der Waals surface area contributed by atoms with Crippen LogP contribution >= 0.6 is 11.8 Å². The lowest BCUT2D eigenvalue weighted by Gasteiger charge is -2.34. The summed E-state index contributed by atoms with van der Waals surface area (Å²) in [5, 5.41) is 13.4. The van der Waals surface area contributed by atoms with E-state index in [1.54, 1.807) is 23.4 Å². The fourth-order valence-electron chi connectivity index (χ4n) is 3.51. The highest BCUT2D eigenvalue weighted by atomic mass is 32.2. The molecule has 0 aliphatic carbocycles. The van der Waals surface area contributed by atoms with Crippen LogP contribution in [0.5, 0.6) is 0 Å². The standard InChI is InChI=1S/C20H25N3O3S/c1-3-18(27-16-7-5-4-6-8-16)19(24)22-11-9-15(10-12-22)23-14(2)17(13-21-23)20(25)26/h4-8,13,15,18H,3,9-12H2,1-2H3,(H,25,26). The van der Waals surface area contributed by atoms with Gasteiger partial charge < -0.3 is 10.0 Å². The summed E-state index contributed by atoms with van der Waals surface area (Å²) in [7, 11) is 0. The van der Waals surface area contributed by atoms with E-state index >= 15 is 0 Å². The first kappa shape index (κ1) is 19.5. The predicted molar refractivity (Wildman–Crippen MR) is 105 cm³/mol. The van der Waals surface area contributed by atoms with E-state index in [9.17, 15) is 14.7 Å². The van der Waals surface area contributed by atoms with Crippen molar-refractivity contribution in [3.8, 4) is 0 Å². The normalized spacial score (nSPS) is 16.3. The minimum Gasteiger partial charge on any atom is -0.478 e. The van der Waals surface area contributed by atoms with Crippen LogP contribution in [0.3, 0.4) is 0 Å². The molecule has 1 aliphatic heterocycles. The first-order chi connectivity index (χ1) is 13.0. The van der Waals surface area contributed by atoms with E-state index in [0.29, 0.717) is 18.8 Å². The number of rotatable bonds is 6. The quantitative estimate of drug-likeness (QED) is 0.766. The molecule has 6 nitrogen and oxygen atoms in total. The van der Waals surface area contributed by atoms with Crippen molar-refractivity contribution >= 4 is 23.6 Å². The zero-order valence-electron chi connectivity index (χ0n) is 15.7. The summed E-state index contributed by atoms with van der Waals surface area (Å²) in [5.41, 5.74) is 0.928. The Balaban J connectivity index is 1.61. The van der Waals surface area contributed by atoms with Crippen LogP contribution in [0, 0.1) is 6.92 Å². The van der Waals surface area contributed by atoms with Crippen LogP contribution in [-0.4, -0.2) is 50.0 Å². The lowest BCUT2D eigenvalue weighted by Crippen LogP contribution is -2.43. The summed E-state index contributed by atoms with van der Waals surface area (Å²) in [6, 6.07) is 10.2. The van der Waals surface area contributed by atoms with E-state index in [1.165, 1.54) is 6.20 Å². The highest BCUT2D eigenvalue weighted by Gasteiger charge is 2.30. The third-order valence-electron chi connectivity index (χ3n) is 5.06. The average Bonchev–Trinajstić information content (AvgIpc) is 3.08. The Morgan fingerprint density at radius 3 is 2.48 bits per heavy atom. The first-order valence-corrected chi connectivity index (χ1v) is 10.2. The molecule has 1 N–H and O–H groups in total. The summed E-state index contributed by atoms with van der Waals surface area (Å²) in [6.07, 6.45) is 3.79. The minimum absolute atomic E-state index is 0.0750. The van der Waals surface area contributed by atoms with Gasteiger partial charge in [-0.25, -0.2) is 4.79 Å². The number of benzene rings is 1. The summed E-state index contributed by atoms with van der Waals surface area (Å²) in [6.45, 7) is 5.19. The van der Waals surface area contributed by atoms with Gasteiger partial charge in [0.1, 0.15) is 5.56 Å². The van der Waals surface area contributed by atoms with Gasteiger partial charge >= 0.3 is 5.97 Å². The summed E-state index contributed by atoms with van der Waals surface area (Å²) >= 11 is 1.62. The Hall–Kier alpha value is -2.28. The van der Waals surface area contributed by atoms with E-state index in [1.807, 2.05) is 42.2 Å². The fraction of sp³-hybridized carbons (Fsp3) is 0.450. The number of piperidine rings is 1. The molecule has 1 saturated heterocycles. The van der Waals surface area contributed by atoms with Crippen LogP contribution in [0.4, 0.5) is 0 Å². The predicted octanol–water partition coefficient (Wildman–Crippen LogP) is 3.62. The molecule has 2 aromatic rings. The maximum Gasteiger partial charge on any atom is 0.339 e. The molecule has 1 aromatic carbocycles. The second-order valence-electron chi connectivity index (χ2n) is 6.78. The van der Waals surface area contributed by atoms with Crippen molar-refractivity contribution in [2.24, 2.45) is 0 Å². The zero-order valence-corrected chi connectivity index (χ0v) is 16.5. The van der Waals surface area contributed by atoms with Crippen molar-refractivity contribution < 1.29 is 14.7 Å². The minimum atomic E-state index is -0.949. The van der Waals surface area contributed by atoms with E-state index in [4.69, 9.17) is 0 Å². The van der Waals surface area contributed by atoms with Crippen molar-refractivity contribution in [1.82, 2.24) is 14.7 Å². The van der Waals surface area contributed by atoms with Crippen LogP contribution in [0.15, 0.2) is 41.4 Å². The molecule has 1 aromatic heterocycles. The summed E-state index contributed by atoms with van der Waals surface area (Å²) < 4.78 is 1.81. The number of hydrogen-bond acceptors (Lipinski definition) is 4. The molecule has 0 saturated carbocycles. The molecule has 1 aliphatic rings. The molecule has 3 rings (SSSR count). The number of hydrogen-bond donors (Lipinski definition) is 1. The lowest BCUT2D eigenvalue weighted by molar-refractivity contribution is -0.132. The number of aromatic carboxylic acids is 1. The topological polar surface area (TPSA) is 75.4 Å². The Morgan fingerprint density at radius 2 is 1.93 bits per heavy atom. The van der Waals surface area contributed by atoms with Crippen LogP contribution < -0.4 is 0 Å². The molecule has 1 amide bonds. The molecule has 7 heteroatoms. The van der Waals surface area contributed by atoms with Gasteiger partial charge in [-0.1, -0.05) is 25.1 Å². The molecule has 1 fully saturated rings. The average molecular weight is 388 g/mol. The van der Waals surface area contributed by atoms with Gasteiger partial charge in [-0.15, -0.1) is 11.8 Å². The molecule has 2 heterocycles. The zero-order chi connectivity index (χ0) is 19.4. The van der Waals surface area contributed by atoms with Gasteiger partial charge in [0.05, 0.1) is 23.2 Å². The second kappa shape index (κ2) is 8.61. The summed E-state index contributed by atoms with van der Waals surface area (Å²) in [4.78, 5) is 27.2. The molecule has 0 radical (unpaired) electrons. The molecule has 144 valence electrons. The fourth-order valence-corrected chi connectivity index (χ4v) is 4.57. The highest BCUT2D eigenvalue weighted by Crippen LogP contribution is 2.30. The Kier molecular flexibility index (Phi) is 6.21. The second-order valence-corrected chi connectivity index (χ2v) is 8.05. The van der Waals surface area contributed by atoms with E-state index in [-0.39, 0.29) is 22.8 Å². The molecule has 0 spiro atoms. The number of thioether (sulfide) groups is 1. The monoisotopic (exact) mass is 387 g/mol. The molecule has 1 unspecified atom stereocenters. The third kappa shape index (κ3) is 4.35. The van der Waals surface area contributed by atoms with Crippen molar-refractivity contribution in [1.29, 1.82) is 0 Å². The van der Waals surface area contributed by atoms with E-state index < -0.39 is 5.97 Å². The van der Waals surface area contributed by atoms with Gasteiger partial charge in [-0.3, -0.25) is 9.48 Å². The van der Waals surface area contributed by atoms with Crippen molar-refractivity contribution in [2.45, 2.75) is 49.3 Å². The molecule has 1 atom stereocenters. The van der Waals surface area contributed by atoms with Crippen molar-refractivity contribution in [2.75, 3.05) is 13.1 Å². The van der Waals surface area contributed by atoms with Gasteiger partial charge in [0.2, 0.25) is 5.91 Å². The van der Waals surface area contributed by atoms with Crippen molar-refractivity contribution in [3.63, 3.8) is 0 Å². The SMILES string of the molecule is CCC(Sc1ccccc1)C(=O)N1CCC(n2ncc(C(=O)O)c2C)CC1. The molecule has 0 bridgehead atoms. The third-order valence-corrected chi connectivity index (χ3v) is 6.43. The van der Waals surface area contributed by atoms with Gasteiger partial charge in [0, 0.05) is 18.0 Å². The Bertz CT molecular complexity index is 798. The maximum absolute atomic E-state index is 12.9. The Labute approximate surface area is 163 Å². The van der Waals surface area contributed by atoms with Gasteiger partial charge in [-0.2, -0.15) is 5.10 Å². The number of carbonyl (C=O) groups excluding carboxylic acids is 1. The highest BCUT2D eigenvalue weighted by molar-refractivity contribution is 8.00. The lowest BCUT2D eigenvalue weighted by atomic mass is 10.0. The van der Waals surface area contributed by atoms with Gasteiger partial charge in [0.25, 0.3) is 0 Å². The number of amides is 1. The van der Waals surface area contributed by atoms with Crippen LogP contribution in [0.25, 0.3) is 0 Å². The first-order valence-electron chi connectivity index (χ1n) is 9.29. The van der Waals surface area contributed by atoms with Crippen LogP contribution in [-0.2, 0) is 4.79 Å².